The van der Waals surface area contributed by atoms with Crippen molar-refractivity contribution >= 4 is 17.7 Å². The Kier molecular flexibility index (Phi) is 6.04. The number of amides is 1. The minimum atomic E-state index is -0.121. The van der Waals surface area contributed by atoms with Crippen LogP contribution in [0.2, 0.25) is 0 Å². The van der Waals surface area contributed by atoms with Gasteiger partial charge >= 0.3 is 0 Å². The summed E-state index contributed by atoms with van der Waals surface area (Å²) in [6, 6.07) is 9.43. The first-order chi connectivity index (χ1) is 10.3. The molecule has 1 aromatic carbocycles. The number of thioether (sulfide) groups is 1. The maximum atomic E-state index is 11.6. The van der Waals surface area contributed by atoms with Crippen LogP contribution < -0.4 is 15.8 Å². The average Bonchev–Trinajstić information content (AvgIpc) is 2.99. The van der Waals surface area contributed by atoms with Gasteiger partial charge in [0.1, 0.15) is 12.4 Å². The van der Waals surface area contributed by atoms with E-state index >= 15 is 0 Å². The number of ether oxygens (including phenoxy) is 1. The summed E-state index contributed by atoms with van der Waals surface area (Å²) in [5.41, 5.74) is 5.35. The standard InChI is InChI=1S/C13H16N4O3S/c14-8-12-16-17-13(20-12)21-9-11(18)15-6-7-19-10-4-2-1-3-5-10/h1-5H,6-9,14H2,(H,15,18). The first-order valence-corrected chi connectivity index (χ1v) is 7.36. The first kappa shape index (κ1) is 15.3. The molecule has 0 spiro atoms. The second-order valence-corrected chi connectivity index (χ2v) is 4.89. The van der Waals surface area contributed by atoms with Gasteiger partial charge in [0.2, 0.25) is 11.8 Å². The van der Waals surface area contributed by atoms with Crippen LogP contribution in [0.3, 0.4) is 0 Å². The van der Waals surface area contributed by atoms with Crippen LogP contribution in [-0.4, -0.2) is 35.0 Å². The van der Waals surface area contributed by atoms with Crippen LogP contribution in [0.5, 0.6) is 5.75 Å². The molecule has 0 saturated heterocycles. The van der Waals surface area contributed by atoms with E-state index in [0.717, 1.165) is 5.75 Å². The van der Waals surface area contributed by atoms with Crippen LogP contribution >= 0.6 is 11.8 Å². The van der Waals surface area contributed by atoms with Crippen molar-refractivity contribution in [2.45, 2.75) is 11.8 Å². The van der Waals surface area contributed by atoms with Crippen LogP contribution in [0.25, 0.3) is 0 Å². The Labute approximate surface area is 126 Å². The van der Waals surface area contributed by atoms with Crippen molar-refractivity contribution in [2.75, 3.05) is 18.9 Å². The van der Waals surface area contributed by atoms with Crippen LogP contribution in [-0.2, 0) is 11.3 Å². The van der Waals surface area contributed by atoms with Gasteiger partial charge in [-0.05, 0) is 12.1 Å². The molecule has 3 N–H and O–H groups in total. The van der Waals surface area contributed by atoms with Gasteiger partial charge in [-0.3, -0.25) is 4.79 Å². The molecule has 1 heterocycles. The molecular weight excluding hydrogens is 292 g/mol. The Morgan fingerprint density at radius 1 is 1.33 bits per heavy atom. The normalized spacial score (nSPS) is 10.3. The number of carbonyl (C=O) groups excluding carboxylic acids is 1. The molecule has 0 radical (unpaired) electrons. The average molecular weight is 308 g/mol. The Balaban J connectivity index is 1.59. The largest absolute Gasteiger partial charge is 0.492 e. The van der Waals surface area contributed by atoms with E-state index < -0.39 is 0 Å². The summed E-state index contributed by atoms with van der Waals surface area (Å²) < 4.78 is 10.6. The predicted octanol–water partition coefficient (Wildman–Crippen LogP) is 0.816. The second-order valence-electron chi connectivity index (χ2n) is 3.97. The second kappa shape index (κ2) is 8.28. The zero-order valence-electron chi connectivity index (χ0n) is 11.3. The van der Waals surface area contributed by atoms with Crippen molar-refractivity contribution in [3.8, 4) is 5.75 Å². The zero-order chi connectivity index (χ0) is 14.9. The van der Waals surface area contributed by atoms with Gasteiger partial charge in [-0.25, -0.2) is 0 Å². The van der Waals surface area contributed by atoms with Gasteiger partial charge < -0.3 is 20.2 Å². The molecule has 1 amide bonds. The van der Waals surface area contributed by atoms with Crippen LogP contribution in [0.1, 0.15) is 5.89 Å². The highest BCUT2D eigenvalue weighted by Crippen LogP contribution is 2.15. The van der Waals surface area contributed by atoms with Gasteiger partial charge in [-0.15, -0.1) is 10.2 Å². The molecule has 7 nitrogen and oxygen atoms in total. The molecule has 21 heavy (non-hydrogen) atoms. The van der Waals surface area contributed by atoms with Crippen molar-refractivity contribution in [2.24, 2.45) is 5.73 Å². The summed E-state index contributed by atoms with van der Waals surface area (Å²) in [7, 11) is 0. The van der Waals surface area contributed by atoms with E-state index in [9.17, 15) is 4.79 Å². The van der Waals surface area contributed by atoms with E-state index in [1.54, 1.807) is 0 Å². The van der Waals surface area contributed by atoms with Gasteiger partial charge in [0.05, 0.1) is 18.8 Å². The first-order valence-electron chi connectivity index (χ1n) is 6.37. The minimum absolute atomic E-state index is 0.121. The third-order valence-corrected chi connectivity index (χ3v) is 3.20. The molecule has 0 aliphatic rings. The van der Waals surface area contributed by atoms with E-state index in [4.69, 9.17) is 14.9 Å². The Morgan fingerprint density at radius 2 is 2.14 bits per heavy atom. The minimum Gasteiger partial charge on any atom is -0.492 e. The lowest BCUT2D eigenvalue weighted by molar-refractivity contribution is -0.118. The van der Waals surface area contributed by atoms with Crippen molar-refractivity contribution < 1.29 is 13.9 Å². The van der Waals surface area contributed by atoms with Crippen molar-refractivity contribution in [3.63, 3.8) is 0 Å². The number of aromatic nitrogens is 2. The number of nitrogens with zero attached hydrogens (tertiary/aromatic N) is 2. The summed E-state index contributed by atoms with van der Waals surface area (Å²) in [5, 5.41) is 10.5. The molecule has 2 aromatic rings. The molecule has 112 valence electrons. The Hall–Kier alpha value is -2.06. The third kappa shape index (κ3) is 5.44. The smallest absolute Gasteiger partial charge is 0.277 e. The molecule has 0 unspecified atom stereocenters. The van der Waals surface area contributed by atoms with Gasteiger partial charge in [-0.2, -0.15) is 0 Å². The summed E-state index contributed by atoms with van der Waals surface area (Å²) >= 11 is 1.17. The molecule has 2 rings (SSSR count). The van der Waals surface area contributed by atoms with Gasteiger partial charge in [0.15, 0.2) is 0 Å². The number of hydrogen-bond donors (Lipinski definition) is 2. The lowest BCUT2D eigenvalue weighted by atomic mass is 10.3. The molecule has 0 saturated carbocycles. The number of rotatable bonds is 8. The molecule has 0 bridgehead atoms. The molecule has 0 aliphatic carbocycles. The number of hydrogen-bond acceptors (Lipinski definition) is 7. The van der Waals surface area contributed by atoms with E-state index in [2.05, 4.69) is 15.5 Å². The fourth-order valence-corrected chi connectivity index (χ4v) is 2.04. The fourth-order valence-electron chi connectivity index (χ4n) is 1.43. The summed E-state index contributed by atoms with van der Waals surface area (Å²) in [6.07, 6.45) is 0. The topological polar surface area (TPSA) is 103 Å². The maximum absolute atomic E-state index is 11.6. The van der Waals surface area contributed by atoms with Crippen LogP contribution in [0, 0.1) is 0 Å². The van der Waals surface area contributed by atoms with Crippen LogP contribution in [0.4, 0.5) is 0 Å². The molecule has 8 heteroatoms. The molecular formula is C13H16N4O3S. The van der Waals surface area contributed by atoms with Gasteiger partial charge in [-0.1, -0.05) is 30.0 Å². The van der Waals surface area contributed by atoms with E-state index in [1.807, 2.05) is 30.3 Å². The highest BCUT2D eigenvalue weighted by Gasteiger charge is 2.08. The number of benzene rings is 1. The number of carbonyl (C=O) groups is 1. The highest BCUT2D eigenvalue weighted by atomic mass is 32.2. The third-order valence-electron chi connectivity index (χ3n) is 2.39. The summed E-state index contributed by atoms with van der Waals surface area (Å²) in [4.78, 5) is 11.6. The van der Waals surface area contributed by atoms with Crippen molar-refractivity contribution in [1.29, 1.82) is 0 Å². The number of para-hydroxylation sites is 1. The summed E-state index contributed by atoms with van der Waals surface area (Å²) in [5.74, 6) is 1.22. The van der Waals surface area contributed by atoms with Gasteiger partial charge in [0.25, 0.3) is 5.22 Å². The Morgan fingerprint density at radius 3 is 2.86 bits per heavy atom. The number of nitrogens with one attached hydrogen (secondary N) is 1. The Bertz CT molecular complexity index is 562. The maximum Gasteiger partial charge on any atom is 0.277 e. The molecule has 0 atom stereocenters. The predicted molar refractivity (Wildman–Crippen MR) is 77.9 cm³/mol. The van der Waals surface area contributed by atoms with E-state index in [0.29, 0.717) is 24.3 Å². The SMILES string of the molecule is NCc1nnc(SCC(=O)NCCOc2ccccc2)o1. The van der Waals surface area contributed by atoms with Crippen molar-refractivity contribution in [1.82, 2.24) is 15.5 Å². The van der Waals surface area contributed by atoms with Gasteiger partial charge in [0, 0.05) is 0 Å². The van der Waals surface area contributed by atoms with E-state index in [-0.39, 0.29) is 18.2 Å². The number of nitrogens with two attached hydrogens (primary N) is 1. The lowest BCUT2D eigenvalue weighted by Crippen LogP contribution is -2.29. The van der Waals surface area contributed by atoms with E-state index in [1.165, 1.54) is 11.8 Å². The molecule has 1 aromatic heterocycles. The summed E-state index contributed by atoms with van der Waals surface area (Å²) in [6.45, 7) is 1.04. The van der Waals surface area contributed by atoms with Crippen molar-refractivity contribution in [3.05, 3.63) is 36.2 Å². The molecule has 0 fully saturated rings. The van der Waals surface area contributed by atoms with Crippen LogP contribution in [0.15, 0.2) is 40.0 Å². The quantitative estimate of drug-likeness (QED) is 0.549. The fraction of sp³-hybridized carbons (Fsp3) is 0.308. The zero-order valence-corrected chi connectivity index (χ0v) is 12.1. The monoisotopic (exact) mass is 308 g/mol. The molecule has 0 aliphatic heterocycles. The lowest BCUT2D eigenvalue weighted by Gasteiger charge is -2.06. The highest BCUT2D eigenvalue weighted by molar-refractivity contribution is 7.99.